The molecule has 18 heavy (non-hydrogen) atoms. The first-order valence-electron chi connectivity index (χ1n) is 6.27. The molecule has 4 nitrogen and oxygen atoms in total. The Hall–Kier alpha value is -1.55. The fourth-order valence-corrected chi connectivity index (χ4v) is 2.02. The van der Waals surface area contributed by atoms with Crippen molar-refractivity contribution in [2.75, 3.05) is 13.2 Å². The van der Waals surface area contributed by atoms with E-state index in [4.69, 9.17) is 9.47 Å². The van der Waals surface area contributed by atoms with Crippen molar-refractivity contribution in [2.45, 2.75) is 32.3 Å². The molecule has 1 aliphatic rings. The highest BCUT2D eigenvalue weighted by Gasteiger charge is 2.33. The summed E-state index contributed by atoms with van der Waals surface area (Å²) in [7, 11) is 0. The standard InChI is InChI=1S/C14H18O4/c1-3-14(16,4-2)13(15)10-5-6-11-12(9-10)18-8-7-17-11/h5-6,9,16H,3-4,7-8H2,1-2H3. The van der Waals surface area contributed by atoms with Crippen LogP contribution in [0.15, 0.2) is 18.2 Å². The van der Waals surface area contributed by atoms with Crippen LogP contribution in [0.2, 0.25) is 0 Å². The van der Waals surface area contributed by atoms with Crippen LogP contribution >= 0.6 is 0 Å². The molecule has 0 amide bonds. The minimum Gasteiger partial charge on any atom is -0.486 e. The van der Waals surface area contributed by atoms with Crippen molar-refractivity contribution in [3.8, 4) is 11.5 Å². The molecule has 1 N–H and O–H groups in total. The van der Waals surface area contributed by atoms with Gasteiger partial charge < -0.3 is 14.6 Å². The summed E-state index contributed by atoms with van der Waals surface area (Å²) in [6.45, 7) is 4.61. The fourth-order valence-electron chi connectivity index (χ4n) is 2.02. The molecular formula is C14H18O4. The lowest BCUT2D eigenvalue weighted by atomic mass is 9.88. The second-order valence-corrected chi connectivity index (χ2v) is 4.43. The molecule has 0 bridgehead atoms. The van der Waals surface area contributed by atoms with Crippen molar-refractivity contribution in [1.82, 2.24) is 0 Å². The number of fused-ring (bicyclic) bond motifs is 1. The Morgan fingerprint density at radius 3 is 2.44 bits per heavy atom. The molecule has 0 fully saturated rings. The quantitative estimate of drug-likeness (QED) is 0.832. The number of ether oxygens (including phenoxy) is 2. The van der Waals surface area contributed by atoms with Crippen LogP contribution in [0, 0.1) is 0 Å². The normalized spacial score (nSPS) is 14.4. The molecule has 0 atom stereocenters. The molecule has 0 radical (unpaired) electrons. The van der Waals surface area contributed by atoms with Gasteiger partial charge in [-0.25, -0.2) is 0 Å². The Kier molecular flexibility index (Phi) is 3.57. The second-order valence-electron chi connectivity index (χ2n) is 4.43. The topological polar surface area (TPSA) is 55.8 Å². The summed E-state index contributed by atoms with van der Waals surface area (Å²) in [5.74, 6) is 0.959. The Morgan fingerprint density at radius 1 is 1.22 bits per heavy atom. The van der Waals surface area contributed by atoms with Gasteiger partial charge in [-0.15, -0.1) is 0 Å². The van der Waals surface area contributed by atoms with Crippen molar-refractivity contribution in [3.63, 3.8) is 0 Å². The van der Waals surface area contributed by atoms with E-state index >= 15 is 0 Å². The van der Waals surface area contributed by atoms with Crippen molar-refractivity contribution >= 4 is 5.78 Å². The summed E-state index contributed by atoms with van der Waals surface area (Å²) >= 11 is 0. The summed E-state index contributed by atoms with van der Waals surface area (Å²) in [5.41, 5.74) is -0.825. The van der Waals surface area contributed by atoms with Gasteiger partial charge in [0.05, 0.1) is 0 Å². The van der Waals surface area contributed by atoms with E-state index in [9.17, 15) is 9.90 Å². The molecule has 0 unspecified atom stereocenters. The maximum Gasteiger partial charge on any atom is 0.194 e. The predicted octanol–water partition coefficient (Wildman–Crippen LogP) is 2.19. The van der Waals surface area contributed by atoms with Gasteiger partial charge in [0.25, 0.3) is 0 Å². The van der Waals surface area contributed by atoms with Gasteiger partial charge in [-0.3, -0.25) is 4.79 Å². The van der Waals surface area contributed by atoms with E-state index in [0.29, 0.717) is 43.1 Å². The maximum absolute atomic E-state index is 12.3. The zero-order chi connectivity index (χ0) is 13.2. The van der Waals surface area contributed by atoms with Crippen LogP contribution in [0.4, 0.5) is 0 Å². The molecule has 0 aliphatic carbocycles. The lowest BCUT2D eigenvalue weighted by Gasteiger charge is -2.24. The third kappa shape index (κ3) is 2.20. The van der Waals surface area contributed by atoms with Gasteiger partial charge in [0.2, 0.25) is 0 Å². The molecule has 1 heterocycles. The van der Waals surface area contributed by atoms with Crippen molar-refractivity contribution in [1.29, 1.82) is 0 Å². The Morgan fingerprint density at radius 2 is 1.83 bits per heavy atom. The molecule has 1 aromatic carbocycles. The lowest BCUT2D eigenvalue weighted by Crippen LogP contribution is -2.37. The van der Waals surface area contributed by atoms with E-state index in [-0.39, 0.29) is 5.78 Å². The number of carbonyl (C=O) groups excluding carboxylic acids is 1. The second kappa shape index (κ2) is 4.98. The molecule has 0 saturated heterocycles. The first kappa shape index (κ1) is 12.9. The molecule has 1 aliphatic heterocycles. The zero-order valence-electron chi connectivity index (χ0n) is 10.7. The first-order valence-corrected chi connectivity index (χ1v) is 6.27. The van der Waals surface area contributed by atoms with Gasteiger partial charge in [0.1, 0.15) is 18.8 Å². The van der Waals surface area contributed by atoms with Crippen LogP contribution in [0.1, 0.15) is 37.0 Å². The zero-order valence-corrected chi connectivity index (χ0v) is 10.7. The highest BCUT2D eigenvalue weighted by molar-refractivity contribution is 6.02. The van der Waals surface area contributed by atoms with E-state index in [2.05, 4.69) is 0 Å². The molecule has 2 rings (SSSR count). The smallest absolute Gasteiger partial charge is 0.194 e. The average molecular weight is 250 g/mol. The molecule has 98 valence electrons. The van der Waals surface area contributed by atoms with Crippen LogP contribution in [-0.2, 0) is 0 Å². The maximum atomic E-state index is 12.3. The number of rotatable bonds is 4. The van der Waals surface area contributed by atoms with E-state index in [1.165, 1.54) is 0 Å². The van der Waals surface area contributed by atoms with Crippen molar-refractivity contribution < 1.29 is 19.4 Å². The number of benzene rings is 1. The van der Waals surface area contributed by atoms with Gasteiger partial charge in [0.15, 0.2) is 17.3 Å². The van der Waals surface area contributed by atoms with Crippen LogP contribution in [0.3, 0.4) is 0 Å². The van der Waals surface area contributed by atoms with Crippen LogP contribution < -0.4 is 9.47 Å². The Bertz CT molecular complexity index is 449. The number of ketones is 1. The van der Waals surface area contributed by atoms with Gasteiger partial charge in [-0.05, 0) is 31.0 Å². The van der Waals surface area contributed by atoms with Crippen LogP contribution in [-0.4, -0.2) is 29.7 Å². The molecule has 1 aromatic rings. The lowest BCUT2D eigenvalue weighted by molar-refractivity contribution is 0.0277. The van der Waals surface area contributed by atoms with Gasteiger partial charge in [-0.1, -0.05) is 13.8 Å². The largest absolute Gasteiger partial charge is 0.486 e. The predicted molar refractivity (Wildman–Crippen MR) is 67.3 cm³/mol. The van der Waals surface area contributed by atoms with Crippen molar-refractivity contribution in [2.24, 2.45) is 0 Å². The summed E-state index contributed by atoms with van der Waals surface area (Å²) in [5, 5.41) is 10.2. The molecule has 0 saturated carbocycles. The summed E-state index contributed by atoms with van der Waals surface area (Å²) in [6, 6.07) is 5.03. The van der Waals surface area contributed by atoms with Gasteiger partial charge >= 0.3 is 0 Å². The third-order valence-electron chi connectivity index (χ3n) is 3.40. The monoisotopic (exact) mass is 250 g/mol. The van der Waals surface area contributed by atoms with Crippen molar-refractivity contribution in [3.05, 3.63) is 23.8 Å². The van der Waals surface area contributed by atoms with E-state index in [1.807, 2.05) is 0 Å². The van der Waals surface area contributed by atoms with E-state index < -0.39 is 5.60 Å². The minimum atomic E-state index is -1.29. The highest BCUT2D eigenvalue weighted by atomic mass is 16.6. The number of Topliss-reactive ketones (excluding diaryl/α,β-unsaturated/α-hetero) is 1. The summed E-state index contributed by atoms with van der Waals surface area (Å²) in [4.78, 5) is 12.3. The first-order chi connectivity index (χ1) is 8.60. The Balaban J connectivity index is 2.31. The van der Waals surface area contributed by atoms with Gasteiger partial charge in [-0.2, -0.15) is 0 Å². The minimum absolute atomic E-state index is 0.260. The number of aliphatic hydroxyl groups is 1. The van der Waals surface area contributed by atoms with Gasteiger partial charge in [0, 0.05) is 5.56 Å². The third-order valence-corrected chi connectivity index (χ3v) is 3.40. The van der Waals surface area contributed by atoms with E-state index in [0.717, 1.165) is 0 Å². The molecule has 0 spiro atoms. The SMILES string of the molecule is CCC(O)(CC)C(=O)c1ccc2c(c1)OCCO2. The van der Waals surface area contributed by atoms with Crippen LogP contribution in [0.5, 0.6) is 11.5 Å². The van der Waals surface area contributed by atoms with Crippen LogP contribution in [0.25, 0.3) is 0 Å². The number of hydrogen-bond acceptors (Lipinski definition) is 4. The summed E-state index contributed by atoms with van der Waals surface area (Å²) < 4.78 is 10.8. The average Bonchev–Trinajstić information content (AvgIpc) is 2.45. The fraction of sp³-hybridized carbons (Fsp3) is 0.500. The molecule has 4 heteroatoms. The van der Waals surface area contributed by atoms with E-state index in [1.54, 1.807) is 32.0 Å². The number of carbonyl (C=O) groups is 1. The summed E-state index contributed by atoms with van der Waals surface area (Å²) in [6.07, 6.45) is 0.799. The Labute approximate surface area is 107 Å². The number of hydrogen-bond donors (Lipinski definition) is 1. The molecular weight excluding hydrogens is 232 g/mol. The highest BCUT2D eigenvalue weighted by Crippen LogP contribution is 2.32. The molecule has 0 aromatic heterocycles.